The molecular formula is C26H25N3O4. The average Bonchev–Trinajstić information content (AvgIpc) is 3.52. The van der Waals surface area contributed by atoms with Gasteiger partial charge >= 0.3 is 5.97 Å². The van der Waals surface area contributed by atoms with Crippen molar-refractivity contribution in [2.45, 2.75) is 32.7 Å². The van der Waals surface area contributed by atoms with Gasteiger partial charge in [-0.05, 0) is 36.2 Å². The lowest BCUT2D eigenvalue weighted by Gasteiger charge is -2.26. The van der Waals surface area contributed by atoms with Crippen LogP contribution >= 0.6 is 0 Å². The molecule has 2 heterocycles. The van der Waals surface area contributed by atoms with E-state index in [1.165, 1.54) is 0 Å². The van der Waals surface area contributed by atoms with Crippen LogP contribution in [-0.4, -0.2) is 32.7 Å². The van der Waals surface area contributed by atoms with E-state index in [-0.39, 0.29) is 11.7 Å². The van der Waals surface area contributed by atoms with Crippen LogP contribution in [0.15, 0.2) is 95.7 Å². The number of benzene rings is 2. The molecule has 4 rings (SSSR count). The molecule has 0 bridgehead atoms. The van der Waals surface area contributed by atoms with E-state index in [4.69, 9.17) is 9.15 Å². The van der Waals surface area contributed by atoms with Crippen molar-refractivity contribution in [2.75, 3.05) is 0 Å². The van der Waals surface area contributed by atoms with Crippen LogP contribution in [0.25, 0.3) is 0 Å². The summed E-state index contributed by atoms with van der Waals surface area (Å²) in [6.07, 6.45) is 2.50. The quantitative estimate of drug-likeness (QED) is 0.361. The standard InChI is InChI=1S/C26H25N3O4/c1-20(32-26(31)24-14-13-23(33-24)19-29-16-8-15-27-29)25(30)28(17-21-9-4-2-5-10-21)18-22-11-6-3-7-12-22/h2-16,20H,17-19H2,1H3. The summed E-state index contributed by atoms with van der Waals surface area (Å²) in [7, 11) is 0. The van der Waals surface area contributed by atoms with Crippen molar-refractivity contribution in [3.63, 3.8) is 0 Å². The number of ether oxygens (including phenoxy) is 1. The number of nitrogens with zero attached hydrogens (tertiary/aromatic N) is 3. The Morgan fingerprint density at radius 2 is 1.58 bits per heavy atom. The van der Waals surface area contributed by atoms with Crippen molar-refractivity contribution in [1.29, 1.82) is 0 Å². The number of esters is 1. The Kier molecular flexibility index (Phi) is 6.99. The minimum absolute atomic E-state index is 0.0504. The summed E-state index contributed by atoms with van der Waals surface area (Å²) in [6.45, 7) is 2.80. The molecule has 0 saturated heterocycles. The Labute approximate surface area is 192 Å². The van der Waals surface area contributed by atoms with Crippen molar-refractivity contribution in [3.05, 3.63) is 114 Å². The smallest absolute Gasteiger partial charge is 0.375 e. The van der Waals surface area contributed by atoms with E-state index >= 15 is 0 Å². The summed E-state index contributed by atoms with van der Waals surface area (Å²) in [5.74, 6) is -0.338. The lowest BCUT2D eigenvalue weighted by molar-refractivity contribution is -0.141. The topological polar surface area (TPSA) is 77.6 Å². The zero-order valence-corrected chi connectivity index (χ0v) is 18.3. The highest BCUT2D eigenvalue weighted by Gasteiger charge is 2.26. The number of hydrogen-bond acceptors (Lipinski definition) is 5. The van der Waals surface area contributed by atoms with E-state index in [1.807, 2.05) is 66.7 Å². The van der Waals surface area contributed by atoms with Crippen LogP contribution in [-0.2, 0) is 29.2 Å². The first-order valence-corrected chi connectivity index (χ1v) is 10.7. The van der Waals surface area contributed by atoms with Crippen LogP contribution < -0.4 is 0 Å². The van der Waals surface area contributed by atoms with Gasteiger partial charge in [-0.25, -0.2) is 4.79 Å². The molecule has 0 spiro atoms. The first-order chi connectivity index (χ1) is 16.1. The van der Waals surface area contributed by atoms with Crippen LogP contribution in [0.3, 0.4) is 0 Å². The average molecular weight is 444 g/mol. The summed E-state index contributed by atoms with van der Waals surface area (Å²) in [5, 5.41) is 4.12. The predicted molar refractivity (Wildman–Crippen MR) is 122 cm³/mol. The van der Waals surface area contributed by atoms with Gasteiger partial charge in [-0.15, -0.1) is 0 Å². The van der Waals surface area contributed by atoms with E-state index in [1.54, 1.807) is 41.0 Å². The maximum absolute atomic E-state index is 13.2. The van der Waals surface area contributed by atoms with Gasteiger partial charge in [0.25, 0.3) is 5.91 Å². The number of hydrogen-bond donors (Lipinski definition) is 0. The third kappa shape index (κ3) is 5.98. The fraction of sp³-hybridized carbons (Fsp3) is 0.192. The number of carbonyl (C=O) groups is 2. The lowest BCUT2D eigenvalue weighted by Crippen LogP contribution is -2.39. The molecule has 1 amide bonds. The van der Waals surface area contributed by atoms with Crippen LogP contribution in [0.1, 0.15) is 34.4 Å². The molecule has 2 aromatic carbocycles. The SMILES string of the molecule is CC(OC(=O)c1ccc(Cn2cccn2)o1)C(=O)N(Cc1ccccc1)Cc1ccccc1. The van der Waals surface area contributed by atoms with Crippen LogP contribution in [0.2, 0.25) is 0 Å². The minimum Gasteiger partial charge on any atom is -0.452 e. The molecule has 1 atom stereocenters. The molecule has 0 radical (unpaired) electrons. The Hall–Kier alpha value is -4.13. The van der Waals surface area contributed by atoms with Crippen LogP contribution in [0.5, 0.6) is 0 Å². The fourth-order valence-electron chi connectivity index (χ4n) is 3.47. The Morgan fingerprint density at radius 3 is 2.15 bits per heavy atom. The van der Waals surface area contributed by atoms with E-state index in [0.29, 0.717) is 25.4 Å². The van der Waals surface area contributed by atoms with Crippen LogP contribution in [0.4, 0.5) is 0 Å². The second-order valence-corrected chi connectivity index (χ2v) is 7.68. The van der Waals surface area contributed by atoms with Gasteiger partial charge in [-0.2, -0.15) is 5.10 Å². The first kappa shape index (κ1) is 22.1. The second-order valence-electron chi connectivity index (χ2n) is 7.68. The van der Waals surface area contributed by atoms with E-state index in [9.17, 15) is 9.59 Å². The minimum atomic E-state index is -0.968. The monoisotopic (exact) mass is 443 g/mol. The van der Waals surface area contributed by atoms with Gasteiger partial charge in [-0.1, -0.05) is 60.7 Å². The molecule has 0 aliphatic carbocycles. The van der Waals surface area contributed by atoms with Gasteiger partial charge < -0.3 is 14.1 Å². The summed E-state index contributed by atoms with van der Waals surface area (Å²) in [4.78, 5) is 27.5. The van der Waals surface area contributed by atoms with Crippen molar-refractivity contribution >= 4 is 11.9 Å². The predicted octanol–water partition coefficient (Wildman–Crippen LogP) is 4.30. The largest absolute Gasteiger partial charge is 0.452 e. The molecule has 0 saturated carbocycles. The highest BCUT2D eigenvalue weighted by atomic mass is 16.6. The number of rotatable bonds is 9. The molecule has 0 aliphatic heterocycles. The van der Waals surface area contributed by atoms with Gasteiger partial charge in [0, 0.05) is 25.5 Å². The molecule has 168 valence electrons. The molecule has 0 aliphatic rings. The number of aromatic nitrogens is 2. The number of carbonyl (C=O) groups excluding carboxylic acids is 2. The maximum atomic E-state index is 13.2. The van der Waals surface area contributed by atoms with E-state index < -0.39 is 12.1 Å². The lowest BCUT2D eigenvalue weighted by atomic mass is 10.1. The van der Waals surface area contributed by atoms with Crippen LogP contribution in [0, 0.1) is 0 Å². The second kappa shape index (κ2) is 10.5. The van der Waals surface area contributed by atoms with Crippen molar-refractivity contribution in [1.82, 2.24) is 14.7 Å². The van der Waals surface area contributed by atoms with Crippen molar-refractivity contribution in [2.24, 2.45) is 0 Å². The van der Waals surface area contributed by atoms with E-state index in [0.717, 1.165) is 11.1 Å². The zero-order valence-electron chi connectivity index (χ0n) is 18.3. The maximum Gasteiger partial charge on any atom is 0.375 e. The van der Waals surface area contributed by atoms with Gasteiger partial charge in [-0.3, -0.25) is 9.48 Å². The van der Waals surface area contributed by atoms with Gasteiger partial charge in [0.05, 0.1) is 6.54 Å². The normalized spacial score (nSPS) is 11.7. The molecule has 7 nitrogen and oxygen atoms in total. The Bertz CT molecular complexity index is 1130. The third-order valence-corrected chi connectivity index (χ3v) is 5.12. The summed E-state index contributed by atoms with van der Waals surface area (Å²) in [5.41, 5.74) is 1.99. The van der Waals surface area contributed by atoms with Crippen molar-refractivity contribution in [3.8, 4) is 0 Å². The van der Waals surface area contributed by atoms with Gasteiger partial charge in [0.2, 0.25) is 5.76 Å². The highest BCUT2D eigenvalue weighted by Crippen LogP contribution is 2.15. The molecule has 0 N–H and O–H groups in total. The number of furan rings is 1. The highest BCUT2D eigenvalue weighted by molar-refractivity contribution is 5.90. The Balaban J connectivity index is 1.43. The Morgan fingerprint density at radius 1 is 0.939 bits per heavy atom. The van der Waals surface area contributed by atoms with Gasteiger partial charge in [0.15, 0.2) is 6.10 Å². The molecule has 7 heteroatoms. The van der Waals surface area contributed by atoms with E-state index in [2.05, 4.69) is 5.10 Å². The molecule has 1 unspecified atom stereocenters. The fourth-order valence-corrected chi connectivity index (χ4v) is 3.47. The third-order valence-electron chi connectivity index (χ3n) is 5.12. The molecule has 4 aromatic rings. The number of amides is 1. The summed E-state index contributed by atoms with van der Waals surface area (Å²) < 4.78 is 12.7. The molecule has 2 aromatic heterocycles. The van der Waals surface area contributed by atoms with Crippen molar-refractivity contribution < 1.29 is 18.7 Å². The first-order valence-electron chi connectivity index (χ1n) is 10.7. The molecular weight excluding hydrogens is 418 g/mol. The summed E-state index contributed by atoms with van der Waals surface area (Å²) in [6, 6.07) is 24.5. The molecule has 0 fully saturated rings. The van der Waals surface area contributed by atoms with Gasteiger partial charge in [0.1, 0.15) is 5.76 Å². The zero-order chi connectivity index (χ0) is 23.0. The summed E-state index contributed by atoms with van der Waals surface area (Å²) >= 11 is 0. The molecule has 33 heavy (non-hydrogen) atoms.